The zero-order valence-corrected chi connectivity index (χ0v) is 8.26. The van der Waals surface area contributed by atoms with Gasteiger partial charge in [-0.1, -0.05) is 18.2 Å². The fourth-order valence-electron chi connectivity index (χ4n) is 1.40. The van der Waals surface area contributed by atoms with Crippen LogP contribution in [0, 0.1) is 0 Å². The van der Waals surface area contributed by atoms with Gasteiger partial charge in [0.1, 0.15) is 0 Å². The molecular weight excluding hydrogens is 209 g/mol. The Morgan fingerprint density at radius 2 is 2.00 bits per heavy atom. The molecule has 1 aromatic heterocycles. The fraction of sp³-hybridized carbons (Fsp3) is 0. The molecule has 0 spiro atoms. The molecule has 1 aromatic carbocycles. The van der Waals surface area contributed by atoms with Gasteiger partial charge in [-0.05, 0) is 23.8 Å². The largest absolute Gasteiger partial charge is 0.379 e. The first-order chi connectivity index (χ1) is 7.81. The van der Waals surface area contributed by atoms with Crippen molar-refractivity contribution in [1.82, 2.24) is 4.98 Å². The van der Waals surface area contributed by atoms with E-state index < -0.39 is 5.97 Å². The maximum Gasteiger partial charge on any atom is 0.379 e. The van der Waals surface area contributed by atoms with Gasteiger partial charge in [-0.3, -0.25) is 4.98 Å². The quantitative estimate of drug-likeness (QED) is 0.776. The number of halogens is 1. The molecule has 0 unspecified atom stereocenters. The molecule has 0 atom stereocenters. The molecule has 1 heterocycles. The van der Waals surface area contributed by atoms with Crippen molar-refractivity contribution in [2.24, 2.45) is 0 Å². The number of aromatic nitrogens is 1. The number of hydrogen-bond acceptors (Lipinski definition) is 3. The smallest absolute Gasteiger partial charge is 0.264 e. The van der Waals surface area contributed by atoms with Gasteiger partial charge in [0.15, 0.2) is 0 Å². The molecule has 0 aliphatic carbocycles. The molecule has 0 N–H and O–H groups in total. The molecule has 2 rings (SSSR count). The van der Waals surface area contributed by atoms with Gasteiger partial charge in [-0.25, -0.2) is 9.74 Å². The second-order valence-electron chi connectivity index (χ2n) is 3.19. The van der Waals surface area contributed by atoms with Gasteiger partial charge in [-0.2, -0.15) is 0 Å². The summed E-state index contributed by atoms with van der Waals surface area (Å²) in [4.78, 5) is 18.1. The lowest BCUT2D eigenvalue weighted by Crippen LogP contribution is -1.98. The van der Waals surface area contributed by atoms with E-state index in [9.17, 15) is 9.32 Å². The van der Waals surface area contributed by atoms with Gasteiger partial charge in [0.25, 0.3) is 0 Å². The summed E-state index contributed by atoms with van der Waals surface area (Å²) in [5.41, 5.74) is 1.82. The Labute approximate surface area is 91.4 Å². The molecule has 0 fully saturated rings. The second kappa shape index (κ2) is 4.53. The monoisotopic (exact) mass is 217 g/mol. The SMILES string of the molecule is O=C(OF)c1cccc(-c2cccnc2)c1. The zero-order valence-electron chi connectivity index (χ0n) is 8.26. The topological polar surface area (TPSA) is 39.2 Å². The first-order valence-electron chi connectivity index (χ1n) is 4.64. The lowest BCUT2D eigenvalue weighted by molar-refractivity contribution is -0.0787. The molecule has 16 heavy (non-hydrogen) atoms. The average molecular weight is 217 g/mol. The van der Waals surface area contributed by atoms with Crippen LogP contribution in [0.2, 0.25) is 0 Å². The van der Waals surface area contributed by atoms with E-state index in [1.165, 1.54) is 6.07 Å². The van der Waals surface area contributed by atoms with Crippen molar-refractivity contribution in [2.45, 2.75) is 0 Å². The molecule has 2 aromatic rings. The van der Waals surface area contributed by atoms with E-state index in [0.717, 1.165) is 11.1 Å². The number of rotatable bonds is 2. The lowest BCUT2D eigenvalue weighted by Gasteiger charge is -2.02. The molecule has 0 aliphatic heterocycles. The average Bonchev–Trinajstić information content (AvgIpc) is 2.39. The third-order valence-electron chi connectivity index (χ3n) is 2.16. The van der Waals surface area contributed by atoms with Crippen molar-refractivity contribution >= 4 is 5.97 Å². The molecule has 0 saturated carbocycles. The summed E-state index contributed by atoms with van der Waals surface area (Å²) in [6.45, 7) is 0. The van der Waals surface area contributed by atoms with Crippen LogP contribution in [0.1, 0.15) is 10.4 Å². The van der Waals surface area contributed by atoms with E-state index in [2.05, 4.69) is 9.93 Å². The summed E-state index contributed by atoms with van der Waals surface area (Å²) >= 11 is 0. The third kappa shape index (κ3) is 2.06. The van der Waals surface area contributed by atoms with Crippen molar-refractivity contribution < 1.29 is 14.3 Å². The number of benzene rings is 1. The number of carbonyl (C=O) groups excluding carboxylic acids is 1. The molecule has 4 heteroatoms. The second-order valence-corrected chi connectivity index (χ2v) is 3.19. The van der Waals surface area contributed by atoms with Crippen LogP contribution in [0.5, 0.6) is 0 Å². The van der Waals surface area contributed by atoms with Crippen molar-refractivity contribution in [3.63, 3.8) is 0 Å². The van der Waals surface area contributed by atoms with E-state index in [1.54, 1.807) is 30.6 Å². The van der Waals surface area contributed by atoms with Crippen LogP contribution in [0.15, 0.2) is 48.8 Å². The predicted octanol–water partition coefficient (Wildman–Crippen LogP) is 2.79. The zero-order chi connectivity index (χ0) is 11.4. The highest BCUT2D eigenvalue weighted by Gasteiger charge is 2.08. The first-order valence-corrected chi connectivity index (χ1v) is 4.64. The molecule has 0 aliphatic rings. The Morgan fingerprint density at radius 3 is 2.69 bits per heavy atom. The van der Waals surface area contributed by atoms with Crippen LogP contribution in [0.25, 0.3) is 11.1 Å². The number of hydrogen-bond donors (Lipinski definition) is 0. The Morgan fingerprint density at radius 1 is 1.19 bits per heavy atom. The van der Waals surface area contributed by atoms with Crippen molar-refractivity contribution in [3.8, 4) is 11.1 Å². The number of carbonyl (C=O) groups is 1. The maximum absolute atomic E-state index is 11.7. The maximum atomic E-state index is 11.7. The van der Waals surface area contributed by atoms with E-state index in [1.807, 2.05) is 12.1 Å². The van der Waals surface area contributed by atoms with E-state index in [-0.39, 0.29) is 5.56 Å². The summed E-state index contributed by atoms with van der Waals surface area (Å²) in [6.07, 6.45) is 3.32. The van der Waals surface area contributed by atoms with Crippen molar-refractivity contribution in [1.29, 1.82) is 0 Å². The van der Waals surface area contributed by atoms with Crippen molar-refractivity contribution in [2.75, 3.05) is 0 Å². The number of pyridine rings is 1. The van der Waals surface area contributed by atoms with Crippen LogP contribution >= 0.6 is 0 Å². The van der Waals surface area contributed by atoms with Gasteiger partial charge < -0.3 is 0 Å². The first kappa shape index (κ1) is 10.3. The normalized spacial score (nSPS) is 9.81. The van der Waals surface area contributed by atoms with Crippen LogP contribution in [0.3, 0.4) is 0 Å². The van der Waals surface area contributed by atoms with Gasteiger partial charge >= 0.3 is 5.97 Å². The lowest BCUT2D eigenvalue weighted by atomic mass is 10.1. The van der Waals surface area contributed by atoms with E-state index in [4.69, 9.17) is 0 Å². The minimum atomic E-state index is -0.995. The van der Waals surface area contributed by atoms with Gasteiger partial charge in [0.2, 0.25) is 0 Å². The Hall–Kier alpha value is -2.23. The summed E-state index contributed by atoms with van der Waals surface area (Å²) in [5, 5.41) is 0. The number of nitrogens with zero attached hydrogens (tertiary/aromatic N) is 1. The standard InChI is InChI=1S/C12H8FNO2/c13-16-12(15)10-4-1-3-9(7-10)11-5-2-6-14-8-11/h1-8H. The van der Waals surface area contributed by atoms with Gasteiger partial charge in [-0.15, -0.1) is 0 Å². The summed E-state index contributed by atoms with van der Waals surface area (Å²) in [5.74, 6) is -0.995. The van der Waals surface area contributed by atoms with Crippen molar-refractivity contribution in [3.05, 3.63) is 54.4 Å². The molecule has 80 valence electrons. The van der Waals surface area contributed by atoms with E-state index in [0.29, 0.717) is 0 Å². The summed E-state index contributed by atoms with van der Waals surface area (Å²) in [7, 11) is 0. The minimum absolute atomic E-state index is 0.170. The predicted molar refractivity (Wildman–Crippen MR) is 56.2 cm³/mol. The van der Waals surface area contributed by atoms with Crippen LogP contribution in [-0.2, 0) is 4.94 Å². The molecule has 0 bridgehead atoms. The highest BCUT2D eigenvalue weighted by Crippen LogP contribution is 2.19. The highest BCUT2D eigenvalue weighted by atomic mass is 19.3. The fourth-order valence-corrected chi connectivity index (χ4v) is 1.40. The van der Waals surface area contributed by atoms with Gasteiger partial charge in [0.05, 0.1) is 5.56 Å². The molecular formula is C12H8FNO2. The van der Waals surface area contributed by atoms with Gasteiger partial charge in [0, 0.05) is 22.5 Å². The Bertz CT molecular complexity index is 499. The summed E-state index contributed by atoms with van der Waals surface area (Å²) in [6, 6.07) is 10.2. The molecule has 0 saturated heterocycles. The molecule has 0 amide bonds. The third-order valence-corrected chi connectivity index (χ3v) is 2.16. The van der Waals surface area contributed by atoms with Crippen LogP contribution in [-0.4, -0.2) is 11.0 Å². The minimum Gasteiger partial charge on any atom is -0.264 e. The molecule has 0 radical (unpaired) electrons. The Balaban J connectivity index is 2.40. The van der Waals surface area contributed by atoms with Crippen LogP contribution in [0.4, 0.5) is 4.53 Å². The molecule has 3 nitrogen and oxygen atoms in total. The van der Waals surface area contributed by atoms with E-state index >= 15 is 0 Å². The summed E-state index contributed by atoms with van der Waals surface area (Å²) < 4.78 is 11.7. The highest BCUT2D eigenvalue weighted by molar-refractivity contribution is 5.90. The van der Waals surface area contributed by atoms with Crippen LogP contribution < -0.4 is 0 Å². The Kier molecular flexibility index (Phi) is 2.91.